The van der Waals surface area contributed by atoms with E-state index >= 15 is 0 Å². The summed E-state index contributed by atoms with van der Waals surface area (Å²) in [4.78, 5) is 21.3. The Bertz CT molecular complexity index is 1340. The molecular formula is C27H28F3N5O4. The number of rotatable bonds is 6. The summed E-state index contributed by atoms with van der Waals surface area (Å²) >= 11 is 0. The first kappa shape index (κ1) is 26.5. The van der Waals surface area contributed by atoms with Crippen LogP contribution in [0, 0.1) is 5.41 Å². The van der Waals surface area contributed by atoms with Crippen LogP contribution in [0.15, 0.2) is 54.6 Å². The third kappa shape index (κ3) is 5.85. The third-order valence-corrected chi connectivity index (χ3v) is 7.44. The van der Waals surface area contributed by atoms with E-state index in [1.54, 1.807) is 12.1 Å². The number of nitrogens with two attached hydrogens (primary N) is 1. The van der Waals surface area contributed by atoms with Crippen LogP contribution in [-0.2, 0) is 4.79 Å². The minimum atomic E-state index is -4.74. The van der Waals surface area contributed by atoms with Gasteiger partial charge in [-0.1, -0.05) is 36.4 Å². The Morgan fingerprint density at radius 1 is 1.10 bits per heavy atom. The number of carbonyl (C=O) groups is 1. The van der Waals surface area contributed by atoms with E-state index < -0.39 is 24.3 Å². The lowest BCUT2D eigenvalue weighted by molar-refractivity contribution is -0.198. The van der Waals surface area contributed by atoms with Crippen molar-refractivity contribution in [3.63, 3.8) is 0 Å². The number of aliphatic carboxylic acids is 1. The van der Waals surface area contributed by atoms with E-state index in [1.165, 1.54) is 42.5 Å². The monoisotopic (exact) mass is 543 g/mol. The van der Waals surface area contributed by atoms with E-state index in [1.807, 2.05) is 4.90 Å². The molecule has 0 saturated carbocycles. The number of ether oxygens (including phenoxy) is 1. The normalized spacial score (nSPS) is 19.7. The quantitative estimate of drug-likeness (QED) is 0.362. The molecule has 0 radical (unpaired) electrons. The van der Waals surface area contributed by atoms with Gasteiger partial charge in [-0.25, -0.2) is 0 Å². The van der Waals surface area contributed by atoms with Crippen LogP contribution in [0.2, 0.25) is 0 Å². The number of carboxylic acid groups (broad SMARTS) is 1. The zero-order valence-electron chi connectivity index (χ0n) is 20.9. The highest BCUT2D eigenvalue weighted by Gasteiger charge is 2.45. The van der Waals surface area contributed by atoms with Gasteiger partial charge in [0.2, 0.25) is 17.9 Å². The summed E-state index contributed by atoms with van der Waals surface area (Å²) < 4.78 is 47.6. The number of aromatic hydroxyl groups is 1. The van der Waals surface area contributed by atoms with Gasteiger partial charge in [-0.05, 0) is 47.9 Å². The molecule has 0 bridgehead atoms. The number of hydrogen-bond acceptors (Lipinski definition) is 8. The Kier molecular flexibility index (Phi) is 6.98. The zero-order valence-corrected chi connectivity index (χ0v) is 20.9. The van der Waals surface area contributed by atoms with Crippen molar-refractivity contribution in [3.05, 3.63) is 60.2 Å². The number of phenols is 1. The second-order valence-corrected chi connectivity index (χ2v) is 10.1. The van der Waals surface area contributed by atoms with Crippen molar-refractivity contribution >= 4 is 17.7 Å². The summed E-state index contributed by atoms with van der Waals surface area (Å²) in [7, 11) is 0. The number of nitrogens with zero attached hydrogens (tertiary/aromatic N) is 3. The average Bonchev–Trinajstić information content (AvgIpc) is 3.31. The predicted octanol–water partition coefficient (Wildman–Crippen LogP) is 4.15. The first-order chi connectivity index (χ1) is 18.5. The molecular weight excluding hydrogens is 515 g/mol. The maximum absolute atomic E-state index is 14.1. The fourth-order valence-corrected chi connectivity index (χ4v) is 5.32. The van der Waals surface area contributed by atoms with E-state index in [0.29, 0.717) is 55.8 Å². The second kappa shape index (κ2) is 10.3. The van der Waals surface area contributed by atoms with Crippen LogP contribution in [0.3, 0.4) is 0 Å². The van der Waals surface area contributed by atoms with Crippen LogP contribution >= 0.6 is 0 Å². The smallest absolute Gasteiger partial charge is 0.429 e. The lowest BCUT2D eigenvalue weighted by atomic mass is 9.76. The molecule has 0 amide bonds. The molecule has 2 aromatic carbocycles. The molecule has 1 aromatic heterocycles. The van der Waals surface area contributed by atoms with Crippen molar-refractivity contribution in [2.24, 2.45) is 5.41 Å². The molecule has 2 aliphatic rings. The summed E-state index contributed by atoms with van der Waals surface area (Å²) in [6.07, 6.45) is -5.07. The lowest BCUT2D eigenvalue weighted by Gasteiger charge is -2.39. The van der Waals surface area contributed by atoms with Gasteiger partial charge in [0, 0.05) is 31.3 Å². The fourth-order valence-electron chi connectivity index (χ4n) is 5.32. The molecule has 2 saturated heterocycles. The number of carboxylic acids is 1. The molecule has 206 valence electrons. The molecule has 2 fully saturated rings. The van der Waals surface area contributed by atoms with Gasteiger partial charge in [-0.15, -0.1) is 0 Å². The van der Waals surface area contributed by atoms with Crippen molar-refractivity contribution in [1.29, 1.82) is 0 Å². The van der Waals surface area contributed by atoms with E-state index in [9.17, 15) is 28.2 Å². The highest BCUT2D eigenvalue weighted by atomic mass is 19.4. The van der Waals surface area contributed by atoms with Gasteiger partial charge in [0.05, 0.1) is 0 Å². The van der Waals surface area contributed by atoms with Gasteiger partial charge >= 0.3 is 12.1 Å². The van der Waals surface area contributed by atoms with Crippen LogP contribution in [0.1, 0.15) is 30.9 Å². The molecule has 12 heteroatoms. The largest absolute Gasteiger partial charge is 0.508 e. The molecule has 1 spiro atoms. The Hall–Kier alpha value is -4.06. The Balaban J connectivity index is 1.32. The highest BCUT2D eigenvalue weighted by molar-refractivity contribution is 5.74. The summed E-state index contributed by atoms with van der Waals surface area (Å²) in [6.45, 7) is 1.70. The van der Waals surface area contributed by atoms with Crippen LogP contribution in [0.25, 0.3) is 11.1 Å². The zero-order chi connectivity index (χ0) is 27.8. The van der Waals surface area contributed by atoms with Gasteiger partial charge in [0.15, 0.2) is 0 Å². The van der Waals surface area contributed by atoms with Crippen LogP contribution in [-0.4, -0.2) is 58.0 Å². The molecule has 0 aliphatic carbocycles. The van der Waals surface area contributed by atoms with Gasteiger partial charge in [-0.2, -0.15) is 23.1 Å². The summed E-state index contributed by atoms with van der Waals surface area (Å²) in [5, 5.41) is 22.0. The first-order valence-electron chi connectivity index (χ1n) is 12.5. The lowest BCUT2D eigenvalue weighted by Crippen LogP contribution is -2.41. The molecule has 3 aromatic rings. The van der Waals surface area contributed by atoms with Crippen molar-refractivity contribution in [2.45, 2.75) is 37.6 Å². The first-order valence-corrected chi connectivity index (χ1v) is 12.5. The highest BCUT2D eigenvalue weighted by Crippen LogP contribution is 2.41. The van der Waals surface area contributed by atoms with Crippen LogP contribution in [0.4, 0.5) is 24.9 Å². The molecule has 5 rings (SSSR count). The van der Waals surface area contributed by atoms with Gasteiger partial charge < -0.3 is 30.9 Å². The van der Waals surface area contributed by atoms with E-state index in [-0.39, 0.29) is 28.6 Å². The number of hydrogen-bond donors (Lipinski definition) is 4. The number of nitrogen functional groups attached to an aromatic ring is 1. The van der Waals surface area contributed by atoms with Crippen molar-refractivity contribution in [1.82, 2.24) is 15.3 Å². The number of halogens is 3. The van der Waals surface area contributed by atoms with Crippen LogP contribution < -0.4 is 20.7 Å². The minimum absolute atomic E-state index is 0.0541. The maximum atomic E-state index is 14.1. The van der Waals surface area contributed by atoms with Crippen LogP contribution in [0.5, 0.6) is 11.6 Å². The summed E-state index contributed by atoms with van der Waals surface area (Å²) in [6, 6.07) is 12.9. The van der Waals surface area contributed by atoms with Crippen molar-refractivity contribution < 1.29 is 32.9 Å². The molecule has 3 heterocycles. The van der Waals surface area contributed by atoms with E-state index in [4.69, 9.17) is 10.5 Å². The third-order valence-electron chi connectivity index (χ3n) is 7.44. The average molecular weight is 544 g/mol. The number of benzene rings is 2. The van der Waals surface area contributed by atoms with Crippen molar-refractivity contribution in [3.8, 4) is 22.8 Å². The van der Waals surface area contributed by atoms with E-state index in [2.05, 4.69) is 15.3 Å². The van der Waals surface area contributed by atoms with E-state index in [0.717, 1.165) is 0 Å². The topological polar surface area (TPSA) is 134 Å². The molecule has 2 aliphatic heterocycles. The number of anilines is 2. The Morgan fingerprint density at radius 3 is 2.44 bits per heavy atom. The Labute approximate surface area is 222 Å². The number of alkyl halides is 3. The van der Waals surface area contributed by atoms with Gasteiger partial charge in [-0.3, -0.25) is 4.79 Å². The van der Waals surface area contributed by atoms with Gasteiger partial charge in [0.25, 0.3) is 0 Å². The maximum Gasteiger partial charge on any atom is 0.429 e. The number of nitrogens with one attached hydrogen (secondary N) is 1. The molecule has 5 N–H and O–H groups in total. The predicted molar refractivity (Wildman–Crippen MR) is 137 cm³/mol. The van der Waals surface area contributed by atoms with Crippen molar-refractivity contribution in [2.75, 3.05) is 30.3 Å². The standard InChI is InChI=1S/C27H28F3N5O4/c28-27(29,30)23(17-6-4-16(5-7-17)18-2-1-3-19(36)12-18)39-22-13-21(33-25(31)34-22)35-10-8-26(9-11-35)14-20(24(37)38)32-15-26/h1-7,12-13,20,23,32,36H,8-11,14-15H2,(H,37,38)(H2,31,33,34)/t20-,23?/m0/s1. The Morgan fingerprint density at radius 2 is 1.82 bits per heavy atom. The molecule has 9 nitrogen and oxygen atoms in total. The number of aromatic nitrogens is 2. The molecule has 39 heavy (non-hydrogen) atoms. The fraction of sp³-hybridized carbons (Fsp3) is 0.370. The minimum Gasteiger partial charge on any atom is -0.508 e. The molecule has 1 unspecified atom stereocenters. The summed E-state index contributed by atoms with van der Waals surface area (Å²) in [5.74, 6) is -0.971. The molecule has 2 atom stereocenters. The second-order valence-electron chi connectivity index (χ2n) is 10.1. The van der Waals surface area contributed by atoms with Gasteiger partial charge in [0.1, 0.15) is 17.6 Å². The number of piperidine rings is 1. The summed E-state index contributed by atoms with van der Waals surface area (Å²) in [5.41, 5.74) is 6.89. The number of phenolic OH excluding ortho intramolecular Hbond substituents is 1. The SMILES string of the molecule is Nc1nc(OC(c2ccc(-c3cccc(O)c3)cc2)C(F)(F)F)cc(N2CCC3(CC2)CN[C@H](C(=O)O)C3)n1.